The van der Waals surface area contributed by atoms with E-state index >= 15 is 0 Å². The van der Waals surface area contributed by atoms with E-state index in [1.165, 1.54) is 0 Å². The predicted molar refractivity (Wildman–Crippen MR) is 137 cm³/mol. The van der Waals surface area contributed by atoms with Crippen LogP contribution in [0.1, 0.15) is 21.5 Å². The smallest absolute Gasteiger partial charge is 0.255 e. The summed E-state index contributed by atoms with van der Waals surface area (Å²) >= 11 is 0. The maximum atomic E-state index is 13.4. The first-order chi connectivity index (χ1) is 17.6. The Bertz CT molecular complexity index is 1330. The van der Waals surface area contributed by atoms with E-state index in [1.54, 1.807) is 51.5 Å². The second-order valence-corrected chi connectivity index (χ2v) is 8.01. The van der Waals surface area contributed by atoms with E-state index in [-0.39, 0.29) is 12.5 Å². The molecule has 3 aromatic carbocycles. The van der Waals surface area contributed by atoms with Gasteiger partial charge in [0.2, 0.25) is 0 Å². The standard InChI is InChI=1S/C28H29N3O5/c1-33-22-12-8-11-20(13-22)27-23(18-31(30-27)17-19-9-6-5-7-10-19)28(32)29-16-21-14-25(35-3)26(36-4)15-24(21)34-2/h5-15,18H,16-17H2,1-4H3,(H,29,32). The lowest BCUT2D eigenvalue weighted by molar-refractivity contribution is 0.0951. The van der Waals surface area contributed by atoms with Gasteiger partial charge in [-0.3, -0.25) is 9.48 Å². The molecule has 186 valence electrons. The summed E-state index contributed by atoms with van der Waals surface area (Å²) in [7, 11) is 6.30. The van der Waals surface area contributed by atoms with Gasteiger partial charge in [-0.05, 0) is 23.8 Å². The normalized spacial score (nSPS) is 10.6. The second-order valence-electron chi connectivity index (χ2n) is 8.01. The molecule has 0 unspecified atom stereocenters. The minimum atomic E-state index is -0.260. The molecule has 8 nitrogen and oxygen atoms in total. The van der Waals surface area contributed by atoms with Crippen molar-refractivity contribution in [2.75, 3.05) is 28.4 Å². The van der Waals surface area contributed by atoms with Crippen molar-refractivity contribution in [2.24, 2.45) is 0 Å². The second kappa shape index (κ2) is 11.3. The van der Waals surface area contributed by atoms with Crippen molar-refractivity contribution in [3.63, 3.8) is 0 Å². The minimum absolute atomic E-state index is 0.226. The van der Waals surface area contributed by atoms with Crippen LogP contribution in [0, 0.1) is 0 Å². The van der Waals surface area contributed by atoms with Crippen molar-refractivity contribution in [1.82, 2.24) is 15.1 Å². The zero-order valence-corrected chi connectivity index (χ0v) is 20.8. The molecule has 0 radical (unpaired) electrons. The van der Waals surface area contributed by atoms with Crippen LogP contribution in [0.2, 0.25) is 0 Å². The van der Waals surface area contributed by atoms with Crippen molar-refractivity contribution in [2.45, 2.75) is 13.1 Å². The van der Waals surface area contributed by atoms with E-state index in [0.717, 1.165) is 16.7 Å². The van der Waals surface area contributed by atoms with Crippen LogP contribution in [0.5, 0.6) is 23.0 Å². The predicted octanol–water partition coefficient (Wildman–Crippen LogP) is 4.56. The lowest BCUT2D eigenvalue weighted by atomic mass is 10.1. The van der Waals surface area contributed by atoms with Gasteiger partial charge in [0, 0.05) is 29.9 Å². The van der Waals surface area contributed by atoms with Gasteiger partial charge in [0.05, 0.1) is 40.5 Å². The number of rotatable bonds is 10. The van der Waals surface area contributed by atoms with Gasteiger partial charge in [-0.2, -0.15) is 5.10 Å². The van der Waals surface area contributed by atoms with Crippen molar-refractivity contribution >= 4 is 5.91 Å². The van der Waals surface area contributed by atoms with Crippen molar-refractivity contribution in [1.29, 1.82) is 0 Å². The maximum absolute atomic E-state index is 13.4. The Balaban J connectivity index is 1.64. The third kappa shape index (κ3) is 5.43. The fraction of sp³-hybridized carbons (Fsp3) is 0.214. The van der Waals surface area contributed by atoms with Gasteiger partial charge in [-0.1, -0.05) is 42.5 Å². The topological polar surface area (TPSA) is 83.8 Å². The van der Waals surface area contributed by atoms with E-state index in [1.807, 2.05) is 54.6 Å². The van der Waals surface area contributed by atoms with Gasteiger partial charge in [0.25, 0.3) is 5.91 Å². The molecule has 1 N–H and O–H groups in total. The highest BCUT2D eigenvalue weighted by atomic mass is 16.5. The molecule has 0 fully saturated rings. The number of carbonyl (C=O) groups excluding carboxylic acids is 1. The van der Waals surface area contributed by atoms with Gasteiger partial charge in [0.15, 0.2) is 11.5 Å². The van der Waals surface area contributed by atoms with Gasteiger partial charge in [-0.25, -0.2) is 0 Å². The molecule has 0 aliphatic carbocycles. The molecular formula is C28H29N3O5. The monoisotopic (exact) mass is 487 g/mol. The highest BCUT2D eigenvalue weighted by Gasteiger charge is 2.20. The van der Waals surface area contributed by atoms with Gasteiger partial charge in [0.1, 0.15) is 17.2 Å². The molecule has 1 aromatic heterocycles. The van der Waals surface area contributed by atoms with Gasteiger partial charge < -0.3 is 24.3 Å². The Labute approximate surface area is 210 Å². The number of nitrogens with one attached hydrogen (secondary N) is 1. The number of hydrogen-bond acceptors (Lipinski definition) is 6. The lowest BCUT2D eigenvalue weighted by Gasteiger charge is -2.14. The first kappa shape index (κ1) is 24.7. The molecule has 1 heterocycles. The van der Waals surface area contributed by atoms with E-state index < -0.39 is 0 Å². The van der Waals surface area contributed by atoms with E-state index in [0.29, 0.717) is 40.8 Å². The van der Waals surface area contributed by atoms with Crippen molar-refractivity contribution in [3.8, 4) is 34.3 Å². The Hall–Kier alpha value is -4.46. The molecule has 0 saturated carbocycles. The molecular weight excluding hydrogens is 458 g/mol. The lowest BCUT2D eigenvalue weighted by Crippen LogP contribution is -2.23. The summed E-state index contributed by atoms with van der Waals surface area (Å²) < 4.78 is 23.4. The molecule has 0 spiro atoms. The summed E-state index contributed by atoms with van der Waals surface area (Å²) in [5.74, 6) is 2.11. The fourth-order valence-corrected chi connectivity index (χ4v) is 3.92. The van der Waals surface area contributed by atoms with Crippen molar-refractivity contribution < 1.29 is 23.7 Å². The minimum Gasteiger partial charge on any atom is -0.497 e. The van der Waals surface area contributed by atoms with Crippen LogP contribution in [-0.4, -0.2) is 44.1 Å². The summed E-state index contributed by atoms with van der Waals surface area (Å²) in [6.45, 7) is 0.762. The largest absolute Gasteiger partial charge is 0.497 e. The zero-order valence-electron chi connectivity index (χ0n) is 20.8. The van der Waals surface area contributed by atoms with Crippen LogP contribution in [0.3, 0.4) is 0 Å². The van der Waals surface area contributed by atoms with Crippen LogP contribution < -0.4 is 24.3 Å². The SMILES string of the molecule is COc1cccc(-c2nn(Cc3ccccc3)cc2C(=O)NCc2cc(OC)c(OC)cc2OC)c1. The maximum Gasteiger partial charge on any atom is 0.255 e. The summed E-state index contributed by atoms with van der Waals surface area (Å²) in [5.41, 5.74) is 3.65. The molecule has 8 heteroatoms. The number of carbonyl (C=O) groups is 1. The number of amides is 1. The fourth-order valence-electron chi connectivity index (χ4n) is 3.92. The average molecular weight is 488 g/mol. The average Bonchev–Trinajstić information content (AvgIpc) is 3.35. The summed E-state index contributed by atoms with van der Waals surface area (Å²) in [4.78, 5) is 13.4. The third-order valence-corrected chi connectivity index (χ3v) is 5.76. The third-order valence-electron chi connectivity index (χ3n) is 5.76. The summed E-state index contributed by atoms with van der Waals surface area (Å²) in [6, 6.07) is 21.0. The van der Waals surface area contributed by atoms with Crippen LogP contribution in [-0.2, 0) is 13.1 Å². The Morgan fingerprint density at radius 3 is 2.25 bits per heavy atom. The number of hydrogen-bond donors (Lipinski definition) is 1. The molecule has 0 atom stereocenters. The number of ether oxygens (including phenoxy) is 4. The Morgan fingerprint density at radius 2 is 1.56 bits per heavy atom. The van der Waals surface area contributed by atoms with Gasteiger partial charge >= 0.3 is 0 Å². The molecule has 4 rings (SSSR count). The number of aromatic nitrogens is 2. The molecule has 0 aliphatic heterocycles. The highest BCUT2D eigenvalue weighted by molar-refractivity contribution is 5.99. The molecule has 0 aliphatic rings. The van der Waals surface area contributed by atoms with Crippen molar-refractivity contribution in [3.05, 3.63) is 89.6 Å². The molecule has 1 amide bonds. The zero-order chi connectivity index (χ0) is 25.5. The van der Waals surface area contributed by atoms with E-state index in [4.69, 9.17) is 24.0 Å². The number of methoxy groups -OCH3 is 4. The number of nitrogens with zero attached hydrogens (tertiary/aromatic N) is 2. The van der Waals surface area contributed by atoms with Gasteiger partial charge in [-0.15, -0.1) is 0 Å². The molecule has 0 bridgehead atoms. The summed E-state index contributed by atoms with van der Waals surface area (Å²) in [5, 5.41) is 7.74. The van der Waals surface area contributed by atoms with Crippen LogP contribution >= 0.6 is 0 Å². The number of benzene rings is 3. The van der Waals surface area contributed by atoms with E-state index in [9.17, 15) is 4.79 Å². The van der Waals surface area contributed by atoms with Crippen LogP contribution in [0.25, 0.3) is 11.3 Å². The summed E-state index contributed by atoms with van der Waals surface area (Å²) in [6.07, 6.45) is 1.77. The molecule has 36 heavy (non-hydrogen) atoms. The first-order valence-corrected chi connectivity index (χ1v) is 11.4. The molecule has 4 aromatic rings. The molecule has 0 saturated heterocycles. The van der Waals surface area contributed by atoms with Crippen LogP contribution in [0.15, 0.2) is 72.9 Å². The highest BCUT2D eigenvalue weighted by Crippen LogP contribution is 2.34. The van der Waals surface area contributed by atoms with E-state index in [2.05, 4.69) is 5.32 Å². The Morgan fingerprint density at radius 1 is 0.833 bits per heavy atom. The van der Waals surface area contributed by atoms with Crippen LogP contribution in [0.4, 0.5) is 0 Å². The first-order valence-electron chi connectivity index (χ1n) is 11.4. The quantitative estimate of drug-likeness (QED) is 0.353. The Kier molecular flexibility index (Phi) is 7.75.